The van der Waals surface area contributed by atoms with E-state index < -0.39 is 11.7 Å². The largest absolute Gasteiger partial charge is 0.417 e. The fourth-order valence-electron chi connectivity index (χ4n) is 1.40. The molecule has 0 aliphatic heterocycles. The first-order valence-corrected chi connectivity index (χ1v) is 6.44. The molecule has 1 heterocycles. The van der Waals surface area contributed by atoms with Gasteiger partial charge >= 0.3 is 6.18 Å². The average Bonchev–Trinajstić information content (AvgIpc) is 2.39. The van der Waals surface area contributed by atoms with Crippen LogP contribution in [0.5, 0.6) is 0 Å². The van der Waals surface area contributed by atoms with E-state index in [9.17, 15) is 18.0 Å². The molecule has 1 aromatic rings. The summed E-state index contributed by atoms with van der Waals surface area (Å²) in [6, 6.07) is 0.787. The quantitative estimate of drug-likeness (QED) is 0.755. The van der Waals surface area contributed by atoms with Gasteiger partial charge in [0.05, 0.1) is 17.2 Å². The van der Waals surface area contributed by atoms with Gasteiger partial charge in [0.1, 0.15) is 5.82 Å². The maximum Gasteiger partial charge on any atom is 0.417 e. The third-order valence-corrected chi connectivity index (χ3v) is 2.73. The molecule has 0 aromatic carbocycles. The lowest BCUT2D eigenvalue weighted by Gasteiger charge is -2.10. The minimum absolute atomic E-state index is 0.106. The number of alkyl halides is 3. The number of carbonyl (C=O) groups excluding carboxylic acids is 1. The number of hydrogen-bond donors (Lipinski definition) is 2. The Hall–Kier alpha value is -1.54. The van der Waals surface area contributed by atoms with E-state index in [0.717, 1.165) is 6.07 Å². The van der Waals surface area contributed by atoms with Crippen LogP contribution in [0.25, 0.3) is 0 Å². The van der Waals surface area contributed by atoms with E-state index in [1.165, 1.54) is 7.11 Å². The van der Waals surface area contributed by atoms with Crippen molar-refractivity contribution in [3.8, 4) is 0 Å². The van der Waals surface area contributed by atoms with Crippen molar-refractivity contribution in [2.24, 2.45) is 0 Å². The van der Waals surface area contributed by atoms with Crippen LogP contribution < -0.4 is 10.6 Å². The smallest absolute Gasteiger partial charge is 0.383 e. The summed E-state index contributed by atoms with van der Waals surface area (Å²) in [4.78, 5) is 15.0. The van der Waals surface area contributed by atoms with Crippen LogP contribution >= 0.6 is 11.6 Å². The Morgan fingerprint density at radius 2 is 2.14 bits per heavy atom. The second-order valence-electron chi connectivity index (χ2n) is 4.07. The molecular weight excluding hydrogens is 311 g/mol. The fraction of sp³-hybridized carbons (Fsp3) is 0.500. The van der Waals surface area contributed by atoms with Crippen molar-refractivity contribution in [3.05, 3.63) is 22.8 Å². The van der Waals surface area contributed by atoms with Crippen molar-refractivity contribution in [1.82, 2.24) is 10.3 Å². The normalized spacial score (nSPS) is 11.3. The molecule has 1 rings (SSSR count). The summed E-state index contributed by atoms with van der Waals surface area (Å²) >= 11 is 5.71. The Morgan fingerprint density at radius 3 is 2.71 bits per heavy atom. The molecule has 9 heteroatoms. The van der Waals surface area contributed by atoms with E-state index in [1.54, 1.807) is 0 Å². The van der Waals surface area contributed by atoms with Gasteiger partial charge in [-0.2, -0.15) is 13.2 Å². The van der Waals surface area contributed by atoms with Gasteiger partial charge in [-0.15, -0.1) is 0 Å². The molecule has 118 valence electrons. The van der Waals surface area contributed by atoms with Crippen LogP contribution in [0.2, 0.25) is 5.02 Å². The lowest BCUT2D eigenvalue weighted by atomic mass is 10.2. The number of pyridine rings is 1. The number of methoxy groups -OCH3 is 1. The number of nitrogens with zero attached hydrogens (tertiary/aromatic N) is 1. The molecule has 0 aliphatic carbocycles. The molecular formula is C12H15ClF3N3O2. The van der Waals surface area contributed by atoms with Gasteiger partial charge in [-0.05, 0) is 6.07 Å². The molecule has 0 bridgehead atoms. The molecule has 0 unspecified atom stereocenters. The highest BCUT2D eigenvalue weighted by atomic mass is 35.5. The van der Waals surface area contributed by atoms with Crippen molar-refractivity contribution >= 4 is 23.3 Å². The van der Waals surface area contributed by atoms with E-state index in [-0.39, 0.29) is 29.7 Å². The minimum atomic E-state index is -4.49. The number of halogens is 4. The first-order chi connectivity index (χ1) is 9.84. The summed E-state index contributed by atoms with van der Waals surface area (Å²) in [7, 11) is 1.52. The number of nitrogens with one attached hydrogen (secondary N) is 2. The van der Waals surface area contributed by atoms with Gasteiger partial charge in [-0.3, -0.25) is 4.79 Å². The number of ether oxygens (including phenoxy) is 1. The standard InChI is InChI=1S/C12H15ClF3N3O2/c1-21-5-4-17-10(20)2-3-18-11-9(13)6-8(7-19-11)12(14,15)16/h6-7H,2-5H2,1H3,(H,17,20)(H,18,19). The molecule has 2 N–H and O–H groups in total. The van der Waals surface area contributed by atoms with Crippen molar-refractivity contribution in [3.63, 3.8) is 0 Å². The first kappa shape index (κ1) is 17.5. The average molecular weight is 326 g/mol. The summed E-state index contributed by atoms with van der Waals surface area (Å²) in [6.45, 7) is 1.01. The zero-order chi connectivity index (χ0) is 15.9. The number of aromatic nitrogens is 1. The van der Waals surface area contributed by atoms with Crippen molar-refractivity contribution < 1.29 is 22.7 Å². The predicted octanol–water partition coefficient (Wildman–Crippen LogP) is 2.32. The molecule has 5 nitrogen and oxygen atoms in total. The van der Waals surface area contributed by atoms with Crippen LogP contribution in [0.4, 0.5) is 19.0 Å². The van der Waals surface area contributed by atoms with Crippen LogP contribution in [0, 0.1) is 0 Å². The van der Waals surface area contributed by atoms with Crippen LogP contribution in [0.3, 0.4) is 0 Å². The fourth-order valence-corrected chi connectivity index (χ4v) is 1.63. The maximum absolute atomic E-state index is 12.4. The molecule has 0 aliphatic rings. The van der Waals surface area contributed by atoms with E-state index in [1.807, 2.05) is 0 Å². The third kappa shape index (κ3) is 6.17. The van der Waals surface area contributed by atoms with Gasteiger partial charge in [0.2, 0.25) is 5.91 Å². The zero-order valence-electron chi connectivity index (χ0n) is 11.3. The van der Waals surface area contributed by atoms with Gasteiger partial charge in [0.15, 0.2) is 0 Å². The lowest BCUT2D eigenvalue weighted by Crippen LogP contribution is -2.28. The van der Waals surface area contributed by atoms with Crippen molar-refractivity contribution in [1.29, 1.82) is 0 Å². The zero-order valence-corrected chi connectivity index (χ0v) is 12.0. The molecule has 0 spiro atoms. The Labute approximate surface area is 124 Å². The third-order valence-electron chi connectivity index (χ3n) is 2.44. The Kier molecular flexibility index (Phi) is 6.70. The number of anilines is 1. The number of carbonyl (C=O) groups is 1. The number of rotatable bonds is 7. The molecule has 1 amide bonds. The topological polar surface area (TPSA) is 63.2 Å². The molecule has 0 saturated heterocycles. The second-order valence-corrected chi connectivity index (χ2v) is 4.48. The SMILES string of the molecule is COCCNC(=O)CCNc1ncc(C(F)(F)F)cc1Cl. The van der Waals surface area contributed by atoms with Gasteiger partial charge in [-0.25, -0.2) is 4.98 Å². The summed E-state index contributed by atoms with van der Waals surface area (Å²) < 4.78 is 42.0. The summed E-state index contributed by atoms with van der Waals surface area (Å²) in [5.41, 5.74) is -0.921. The predicted molar refractivity (Wildman–Crippen MR) is 72.2 cm³/mol. The van der Waals surface area contributed by atoms with E-state index in [4.69, 9.17) is 16.3 Å². The molecule has 0 atom stereocenters. The lowest BCUT2D eigenvalue weighted by molar-refractivity contribution is -0.137. The van der Waals surface area contributed by atoms with E-state index >= 15 is 0 Å². The summed E-state index contributed by atoms with van der Waals surface area (Å²) in [5, 5.41) is 5.17. The molecule has 0 fully saturated rings. The summed E-state index contributed by atoms with van der Waals surface area (Å²) in [6.07, 6.45) is -3.66. The van der Waals surface area contributed by atoms with Crippen LogP contribution in [0.1, 0.15) is 12.0 Å². The molecule has 1 aromatic heterocycles. The maximum atomic E-state index is 12.4. The van der Waals surface area contributed by atoms with Gasteiger partial charge in [-0.1, -0.05) is 11.6 Å². The molecule has 0 saturated carbocycles. The summed E-state index contributed by atoms with van der Waals surface area (Å²) in [5.74, 6) is -0.100. The Balaban J connectivity index is 2.44. The van der Waals surface area contributed by atoms with Gasteiger partial charge < -0.3 is 15.4 Å². The number of amides is 1. The Morgan fingerprint density at radius 1 is 1.43 bits per heavy atom. The highest BCUT2D eigenvalue weighted by molar-refractivity contribution is 6.32. The number of hydrogen-bond acceptors (Lipinski definition) is 4. The minimum Gasteiger partial charge on any atom is -0.383 e. The molecule has 0 radical (unpaired) electrons. The molecule has 21 heavy (non-hydrogen) atoms. The Bertz CT molecular complexity index is 483. The van der Waals surface area contributed by atoms with E-state index in [2.05, 4.69) is 15.6 Å². The highest BCUT2D eigenvalue weighted by Gasteiger charge is 2.31. The monoisotopic (exact) mass is 325 g/mol. The van der Waals surface area contributed by atoms with Crippen molar-refractivity contribution in [2.45, 2.75) is 12.6 Å². The van der Waals surface area contributed by atoms with Crippen LogP contribution in [-0.4, -0.2) is 37.7 Å². The van der Waals surface area contributed by atoms with Crippen LogP contribution in [0.15, 0.2) is 12.3 Å². The van der Waals surface area contributed by atoms with Gasteiger partial charge in [0.25, 0.3) is 0 Å². The van der Waals surface area contributed by atoms with Crippen LogP contribution in [-0.2, 0) is 15.7 Å². The second kappa shape index (κ2) is 8.04. The van der Waals surface area contributed by atoms with Gasteiger partial charge in [0, 0.05) is 32.8 Å². The first-order valence-electron chi connectivity index (χ1n) is 6.07. The van der Waals surface area contributed by atoms with Crippen molar-refractivity contribution in [2.75, 3.05) is 32.1 Å². The van der Waals surface area contributed by atoms with E-state index in [0.29, 0.717) is 19.3 Å². The highest BCUT2D eigenvalue weighted by Crippen LogP contribution is 2.32.